The first-order valence-electron chi connectivity index (χ1n) is 8.62. The van der Waals surface area contributed by atoms with Gasteiger partial charge >= 0.3 is 6.03 Å². The lowest BCUT2D eigenvalue weighted by Crippen LogP contribution is -2.50. The van der Waals surface area contributed by atoms with Crippen LogP contribution in [-0.2, 0) is 7.05 Å². The second-order valence-electron chi connectivity index (χ2n) is 6.33. The zero-order chi connectivity index (χ0) is 19.4. The van der Waals surface area contributed by atoms with Crippen LogP contribution in [-0.4, -0.2) is 57.9 Å². The maximum absolute atomic E-state index is 11.7. The van der Waals surface area contributed by atoms with Gasteiger partial charge in [-0.3, -0.25) is 9.48 Å². The van der Waals surface area contributed by atoms with Gasteiger partial charge in [0.2, 0.25) is 0 Å². The molecule has 0 radical (unpaired) electrons. The van der Waals surface area contributed by atoms with Crippen LogP contribution in [0.15, 0.2) is 18.6 Å². The molecule has 3 rings (SSSR count). The predicted molar refractivity (Wildman–Crippen MR) is 99.9 cm³/mol. The van der Waals surface area contributed by atoms with Gasteiger partial charge in [-0.05, 0) is 12.8 Å². The summed E-state index contributed by atoms with van der Waals surface area (Å²) in [6.07, 6.45) is 6.68. The van der Waals surface area contributed by atoms with E-state index in [9.17, 15) is 9.59 Å². The SMILES string of the molecule is CNC(=O)N[C@@H]1CCCN(c2cnc(C(N)=O)c(Nc3cnn(C)c3)n2)C1. The number of aromatic nitrogens is 4. The molecule has 0 bridgehead atoms. The predicted octanol–water partition coefficient (Wildman–Crippen LogP) is -0.0496. The molecule has 2 aromatic rings. The standard InChI is InChI=1S/C16H23N9O2/c1-18-16(27)22-10-4-3-5-25(9-10)12-7-19-13(14(17)26)15(23-12)21-11-6-20-24(2)8-11/h6-8,10H,3-5,9H2,1-2H3,(H2,17,26)(H,21,23)(H2,18,22,27)/t10-/m1/s1. The zero-order valence-electron chi connectivity index (χ0n) is 15.3. The number of carbonyl (C=O) groups is 2. The van der Waals surface area contributed by atoms with Gasteiger partial charge in [-0.2, -0.15) is 5.10 Å². The average molecular weight is 373 g/mol. The molecule has 0 aromatic carbocycles. The fraction of sp³-hybridized carbons (Fsp3) is 0.438. The molecule has 11 nitrogen and oxygen atoms in total. The minimum absolute atomic E-state index is 0.00560. The number of urea groups is 1. The van der Waals surface area contributed by atoms with E-state index in [0.717, 1.165) is 19.4 Å². The maximum Gasteiger partial charge on any atom is 0.314 e. The van der Waals surface area contributed by atoms with E-state index in [-0.39, 0.29) is 23.6 Å². The number of nitrogens with zero attached hydrogens (tertiary/aromatic N) is 5. The molecule has 1 saturated heterocycles. The number of hydrogen-bond donors (Lipinski definition) is 4. The maximum atomic E-state index is 11.7. The van der Waals surface area contributed by atoms with E-state index < -0.39 is 5.91 Å². The fourth-order valence-corrected chi connectivity index (χ4v) is 2.98. The molecule has 1 fully saturated rings. The van der Waals surface area contributed by atoms with E-state index in [1.165, 1.54) is 6.20 Å². The second-order valence-corrected chi connectivity index (χ2v) is 6.33. The number of hydrogen-bond acceptors (Lipinski definition) is 7. The van der Waals surface area contributed by atoms with Gasteiger partial charge in [0.1, 0.15) is 5.82 Å². The van der Waals surface area contributed by atoms with Crippen LogP contribution in [0.2, 0.25) is 0 Å². The van der Waals surface area contributed by atoms with E-state index >= 15 is 0 Å². The number of carbonyl (C=O) groups excluding carboxylic acids is 2. The number of aryl methyl sites for hydroxylation is 1. The highest BCUT2D eigenvalue weighted by atomic mass is 16.2. The summed E-state index contributed by atoms with van der Waals surface area (Å²) in [5, 5.41) is 12.6. The Hall–Kier alpha value is -3.37. The topological polar surface area (TPSA) is 143 Å². The molecule has 1 atom stereocenters. The van der Waals surface area contributed by atoms with E-state index in [4.69, 9.17) is 5.73 Å². The summed E-state index contributed by atoms with van der Waals surface area (Å²) in [4.78, 5) is 34.0. The molecule has 2 aromatic heterocycles. The third kappa shape index (κ3) is 4.43. The van der Waals surface area contributed by atoms with Crippen LogP contribution < -0.4 is 26.6 Å². The Labute approximate surface area is 156 Å². The molecular formula is C16H23N9O2. The second kappa shape index (κ2) is 7.89. The third-order valence-electron chi connectivity index (χ3n) is 4.27. The van der Waals surface area contributed by atoms with Gasteiger partial charge in [0.15, 0.2) is 11.5 Å². The molecule has 0 saturated carbocycles. The molecule has 5 N–H and O–H groups in total. The number of rotatable bonds is 5. The first-order valence-corrected chi connectivity index (χ1v) is 8.62. The van der Waals surface area contributed by atoms with Crippen LogP contribution in [0.25, 0.3) is 0 Å². The summed E-state index contributed by atoms with van der Waals surface area (Å²) in [5.41, 5.74) is 6.15. The van der Waals surface area contributed by atoms with Crippen LogP contribution >= 0.6 is 0 Å². The van der Waals surface area contributed by atoms with Crippen molar-refractivity contribution in [2.75, 3.05) is 30.4 Å². The molecule has 144 valence electrons. The lowest BCUT2D eigenvalue weighted by molar-refractivity contribution is 0.0996. The van der Waals surface area contributed by atoms with Crippen molar-refractivity contribution < 1.29 is 9.59 Å². The Morgan fingerprint density at radius 3 is 2.81 bits per heavy atom. The van der Waals surface area contributed by atoms with Crippen molar-refractivity contribution in [3.8, 4) is 0 Å². The zero-order valence-corrected chi connectivity index (χ0v) is 15.3. The monoisotopic (exact) mass is 373 g/mol. The van der Waals surface area contributed by atoms with E-state index in [0.29, 0.717) is 18.1 Å². The van der Waals surface area contributed by atoms with Crippen molar-refractivity contribution in [3.05, 3.63) is 24.3 Å². The summed E-state index contributed by atoms with van der Waals surface area (Å²) >= 11 is 0. The van der Waals surface area contributed by atoms with Crippen molar-refractivity contribution in [2.45, 2.75) is 18.9 Å². The average Bonchev–Trinajstić information content (AvgIpc) is 3.06. The van der Waals surface area contributed by atoms with Crippen molar-refractivity contribution in [1.82, 2.24) is 30.4 Å². The molecule has 27 heavy (non-hydrogen) atoms. The van der Waals surface area contributed by atoms with Gasteiger partial charge in [-0.1, -0.05) is 0 Å². The lowest BCUT2D eigenvalue weighted by atomic mass is 10.1. The third-order valence-corrected chi connectivity index (χ3v) is 4.27. The van der Waals surface area contributed by atoms with Crippen LogP contribution in [0.5, 0.6) is 0 Å². The van der Waals surface area contributed by atoms with Gasteiger partial charge in [0.05, 0.1) is 18.1 Å². The molecule has 3 heterocycles. The largest absolute Gasteiger partial charge is 0.364 e. The number of piperidine rings is 1. The van der Waals surface area contributed by atoms with Gasteiger partial charge in [-0.25, -0.2) is 14.8 Å². The van der Waals surface area contributed by atoms with Crippen LogP contribution in [0, 0.1) is 0 Å². The van der Waals surface area contributed by atoms with Crippen LogP contribution in [0.1, 0.15) is 23.3 Å². The van der Waals surface area contributed by atoms with Crippen LogP contribution in [0.3, 0.4) is 0 Å². The van der Waals surface area contributed by atoms with Gasteiger partial charge < -0.3 is 26.6 Å². The number of anilines is 3. The molecule has 1 aliphatic rings. The highest BCUT2D eigenvalue weighted by Gasteiger charge is 2.24. The Bertz CT molecular complexity index is 835. The van der Waals surface area contributed by atoms with Gasteiger partial charge in [0, 0.05) is 39.4 Å². The first-order chi connectivity index (χ1) is 13.0. The summed E-state index contributed by atoms with van der Waals surface area (Å²) in [7, 11) is 3.37. The van der Waals surface area contributed by atoms with Crippen molar-refractivity contribution in [2.24, 2.45) is 12.8 Å². The van der Waals surface area contributed by atoms with Crippen molar-refractivity contribution in [1.29, 1.82) is 0 Å². The Balaban J connectivity index is 1.82. The van der Waals surface area contributed by atoms with Crippen molar-refractivity contribution >= 4 is 29.3 Å². The molecular weight excluding hydrogens is 350 g/mol. The van der Waals surface area contributed by atoms with Gasteiger partial charge in [-0.15, -0.1) is 0 Å². The highest BCUT2D eigenvalue weighted by Crippen LogP contribution is 2.23. The smallest absolute Gasteiger partial charge is 0.314 e. The van der Waals surface area contributed by atoms with Crippen molar-refractivity contribution in [3.63, 3.8) is 0 Å². The minimum Gasteiger partial charge on any atom is -0.364 e. The van der Waals surface area contributed by atoms with Gasteiger partial charge in [0.25, 0.3) is 5.91 Å². The Morgan fingerprint density at radius 1 is 1.33 bits per heavy atom. The quantitative estimate of drug-likeness (QED) is 0.575. The van der Waals surface area contributed by atoms with E-state index in [1.54, 1.807) is 31.2 Å². The van der Waals surface area contributed by atoms with E-state index in [2.05, 4.69) is 31.0 Å². The molecule has 3 amide bonds. The van der Waals surface area contributed by atoms with Crippen LogP contribution in [0.4, 0.5) is 22.1 Å². The molecule has 1 aliphatic heterocycles. The summed E-state index contributed by atoms with van der Waals surface area (Å²) in [5.74, 6) is 0.211. The summed E-state index contributed by atoms with van der Waals surface area (Å²) in [6, 6.07) is -0.206. The number of amides is 3. The van der Waals surface area contributed by atoms with E-state index in [1.807, 2.05) is 4.90 Å². The Kier molecular flexibility index (Phi) is 5.38. The molecule has 11 heteroatoms. The fourth-order valence-electron chi connectivity index (χ4n) is 2.98. The number of primary amides is 1. The molecule has 0 unspecified atom stereocenters. The first kappa shape index (κ1) is 18.4. The lowest BCUT2D eigenvalue weighted by Gasteiger charge is -2.33. The number of nitrogens with one attached hydrogen (secondary N) is 3. The summed E-state index contributed by atoms with van der Waals surface area (Å²) < 4.78 is 1.63. The Morgan fingerprint density at radius 2 is 2.15 bits per heavy atom. The minimum atomic E-state index is -0.668. The molecule has 0 spiro atoms. The normalized spacial score (nSPS) is 16.7. The highest BCUT2D eigenvalue weighted by molar-refractivity contribution is 5.96. The number of nitrogens with two attached hydrogens (primary N) is 1. The molecule has 0 aliphatic carbocycles. The summed E-state index contributed by atoms with van der Waals surface area (Å²) in [6.45, 7) is 1.38.